The van der Waals surface area contributed by atoms with Crippen LogP contribution in [0.5, 0.6) is 11.5 Å². The van der Waals surface area contributed by atoms with E-state index >= 15 is 0 Å². The van der Waals surface area contributed by atoms with Gasteiger partial charge in [0.1, 0.15) is 0 Å². The van der Waals surface area contributed by atoms with Crippen LogP contribution in [0, 0.1) is 5.92 Å². The Morgan fingerprint density at radius 1 is 1.33 bits per heavy atom. The van der Waals surface area contributed by atoms with Gasteiger partial charge in [-0.1, -0.05) is 11.2 Å². The van der Waals surface area contributed by atoms with Crippen LogP contribution in [0.15, 0.2) is 23.3 Å². The molecule has 24 heavy (non-hydrogen) atoms. The van der Waals surface area contributed by atoms with Crippen LogP contribution in [0.3, 0.4) is 0 Å². The fourth-order valence-electron chi connectivity index (χ4n) is 2.92. The van der Waals surface area contributed by atoms with Gasteiger partial charge in [0, 0.05) is 24.0 Å². The molecule has 1 aromatic carbocycles. The number of nitrogens with one attached hydrogen (secondary N) is 1. The molecule has 2 atom stereocenters. The fraction of sp³-hybridized carbons (Fsp3) is 0.625. The lowest BCUT2D eigenvalue weighted by Crippen LogP contribution is -2.23. The lowest BCUT2D eigenvalue weighted by molar-refractivity contribution is -0.0515. The van der Waals surface area contributed by atoms with E-state index in [9.17, 15) is 8.78 Å². The summed E-state index contributed by atoms with van der Waals surface area (Å²) in [5.41, 5.74) is 9.41. The maximum atomic E-state index is 12.6. The molecule has 1 heterocycles. The monoisotopic (exact) mass is 338 g/mol. The average Bonchev–Trinajstić information content (AvgIpc) is 3.27. The summed E-state index contributed by atoms with van der Waals surface area (Å²) in [5.74, 6) is 1.20. The highest BCUT2D eigenvalue weighted by atomic mass is 19.3. The first kappa shape index (κ1) is 16.8. The van der Waals surface area contributed by atoms with Crippen molar-refractivity contribution in [1.82, 2.24) is 5.32 Å². The van der Waals surface area contributed by atoms with Crippen molar-refractivity contribution in [1.29, 1.82) is 0 Å². The summed E-state index contributed by atoms with van der Waals surface area (Å²) < 4.78 is 35.4. The SMILES string of the molecule is [N-]=[N+]=NC[C@H]1C[C@@H](c2ccc(OC(F)F)c(OCC3CC3)c2)CN1. The number of ether oxygens (including phenoxy) is 2. The van der Waals surface area contributed by atoms with E-state index in [1.807, 2.05) is 0 Å². The minimum Gasteiger partial charge on any atom is -0.489 e. The van der Waals surface area contributed by atoms with E-state index in [4.69, 9.17) is 10.3 Å². The largest absolute Gasteiger partial charge is 0.489 e. The lowest BCUT2D eigenvalue weighted by Gasteiger charge is -2.16. The van der Waals surface area contributed by atoms with Crippen LogP contribution >= 0.6 is 0 Å². The number of halogens is 2. The van der Waals surface area contributed by atoms with E-state index in [0.717, 1.165) is 31.4 Å². The number of nitrogens with zero attached hydrogens (tertiary/aromatic N) is 3. The first-order valence-electron chi connectivity index (χ1n) is 8.11. The number of hydrogen-bond donors (Lipinski definition) is 1. The first-order valence-corrected chi connectivity index (χ1v) is 8.11. The summed E-state index contributed by atoms with van der Waals surface area (Å²) in [7, 11) is 0. The standard InChI is InChI=1S/C16H20F2N4O2/c17-16(18)24-14-4-3-11(6-15(14)23-9-10-1-2-10)12-5-13(20-7-12)8-21-22-19/h3-4,6,10,12-13,16,20H,1-2,5,7-9H2/t12-,13-/m1/s1. The highest BCUT2D eigenvalue weighted by molar-refractivity contribution is 5.44. The number of rotatable bonds is 8. The highest BCUT2D eigenvalue weighted by Gasteiger charge is 2.27. The fourth-order valence-corrected chi connectivity index (χ4v) is 2.92. The third-order valence-corrected chi connectivity index (χ3v) is 4.41. The second kappa shape index (κ2) is 7.68. The second-order valence-corrected chi connectivity index (χ2v) is 6.29. The minimum atomic E-state index is -2.87. The third-order valence-electron chi connectivity index (χ3n) is 4.41. The van der Waals surface area contributed by atoms with Crippen molar-refractivity contribution in [3.8, 4) is 11.5 Å². The molecular weight excluding hydrogens is 318 g/mol. The molecule has 0 radical (unpaired) electrons. The van der Waals surface area contributed by atoms with Crippen molar-refractivity contribution in [2.75, 3.05) is 19.7 Å². The van der Waals surface area contributed by atoms with E-state index in [2.05, 4.69) is 20.1 Å². The van der Waals surface area contributed by atoms with Gasteiger partial charge in [0.25, 0.3) is 0 Å². The molecule has 0 spiro atoms. The molecule has 0 bridgehead atoms. The van der Waals surface area contributed by atoms with Crippen molar-refractivity contribution in [3.05, 3.63) is 34.2 Å². The van der Waals surface area contributed by atoms with Gasteiger partial charge < -0.3 is 14.8 Å². The van der Waals surface area contributed by atoms with Crippen LogP contribution in [0.1, 0.15) is 30.7 Å². The molecule has 1 N–H and O–H groups in total. The molecular formula is C16H20F2N4O2. The van der Waals surface area contributed by atoms with Crippen LogP contribution in [-0.4, -0.2) is 32.3 Å². The average molecular weight is 338 g/mol. The lowest BCUT2D eigenvalue weighted by atomic mass is 9.96. The molecule has 0 amide bonds. The van der Waals surface area contributed by atoms with Gasteiger partial charge in [0.2, 0.25) is 0 Å². The molecule has 8 heteroatoms. The summed E-state index contributed by atoms with van der Waals surface area (Å²) in [5, 5.41) is 6.90. The zero-order chi connectivity index (χ0) is 16.9. The number of hydrogen-bond acceptors (Lipinski definition) is 4. The van der Waals surface area contributed by atoms with E-state index in [1.54, 1.807) is 18.2 Å². The Bertz CT molecular complexity index is 618. The van der Waals surface area contributed by atoms with Gasteiger partial charge in [0.05, 0.1) is 6.61 Å². The van der Waals surface area contributed by atoms with E-state index in [0.29, 0.717) is 24.8 Å². The van der Waals surface area contributed by atoms with Crippen LogP contribution in [0.4, 0.5) is 8.78 Å². The number of benzene rings is 1. The van der Waals surface area contributed by atoms with Gasteiger partial charge in [-0.15, -0.1) is 0 Å². The minimum absolute atomic E-state index is 0.0750. The zero-order valence-electron chi connectivity index (χ0n) is 13.2. The van der Waals surface area contributed by atoms with Crippen molar-refractivity contribution in [3.63, 3.8) is 0 Å². The van der Waals surface area contributed by atoms with E-state index in [-0.39, 0.29) is 17.7 Å². The molecule has 0 unspecified atom stereocenters. The summed E-state index contributed by atoms with van der Waals surface area (Å²) in [6.07, 6.45) is 3.08. The Kier molecular flexibility index (Phi) is 5.37. The molecule has 1 saturated heterocycles. The molecule has 1 saturated carbocycles. The molecule has 130 valence electrons. The van der Waals surface area contributed by atoms with Gasteiger partial charge in [0.15, 0.2) is 11.5 Å². The zero-order valence-corrected chi connectivity index (χ0v) is 13.2. The van der Waals surface area contributed by atoms with Crippen LogP contribution in [0.2, 0.25) is 0 Å². The maximum absolute atomic E-state index is 12.6. The highest BCUT2D eigenvalue weighted by Crippen LogP contribution is 2.37. The summed E-state index contributed by atoms with van der Waals surface area (Å²) >= 11 is 0. The molecule has 1 aliphatic carbocycles. The maximum Gasteiger partial charge on any atom is 0.387 e. The molecule has 2 aliphatic rings. The van der Waals surface area contributed by atoms with Crippen molar-refractivity contribution in [2.45, 2.75) is 37.8 Å². The Balaban J connectivity index is 1.70. The number of alkyl halides is 2. The molecule has 3 rings (SSSR count). The van der Waals surface area contributed by atoms with Crippen LogP contribution < -0.4 is 14.8 Å². The van der Waals surface area contributed by atoms with Gasteiger partial charge >= 0.3 is 6.61 Å². The Morgan fingerprint density at radius 3 is 2.88 bits per heavy atom. The van der Waals surface area contributed by atoms with Crippen LogP contribution in [0.25, 0.3) is 10.4 Å². The second-order valence-electron chi connectivity index (χ2n) is 6.29. The van der Waals surface area contributed by atoms with Crippen molar-refractivity contribution >= 4 is 0 Å². The van der Waals surface area contributed by atoms with E-state index in [1.165, 1.54) is 0 Å². The Hall–Kier alpha value is -2.05. The summed E-state index contributed by atoms with van der Waals surface area (Å²) in [6, 6.07) is 5.27. The Morgan fingerprint density at radius 2 is 2.17 bits per heavy atom. The predicted octanol–water partition coefficient (Wildman–Crippen LogP) is 3.83. The van der Waals surface area contributed by atoms with Gasteiger partial charge in [-0.3, -0.25) is 0 Å². The Labute approximate surface area is 138 Å². The van der Waals surface area contributed by atoms with Gasteiger partial charge in [-0.2, -0.15) is 8.78 Å². The summed E-state index contributed by atoms with van der Waals surface area (Å²) in [4.78, 5) is 2.77. The predicted molar refractivity (Wildman–Crippen MR) is 84.5 cm³/mol. The summed E-state index contributed by atoms with van der Waals surface area (Å²) in [6.45, 7) is -1.18. The molecule has 2 fully saturated rings. The first-order chi connectivity index (χ1) is 11.7. The van der Waals surface area contributed by atoms with Gasteiger partial charge in [-0.05, 0) is 54.3 Å². The van der Waals surface area contributed by atoms with Crippen molar-refractivity contribution in [2.24, 2.45) is 11.0 Å². The molecule has 1 aliphatic heterocycles. The quantitative estimate of drug-likeness (QED) is 0.444. The molecule has 1 aromatic rings. The van der Waals surface area contributed by atoms with Crippen LogP contribution in [-0.2, 0) is 0 Å². The topological polar surface area (TPSA) is 79.3 Å². The van der Waals surface area contributed by atoms with Gasteiger partial charge in [-0.25, -0.2) is 0 Å². The smallest absolute Gasteiger partial charge is 0.387 e. The third kappa shape index (κ3) is 4.49. The molecule has 0 aromatic heterocycles. The van der Waals surface area contributed by atoms with Crippen molar-refractivity contribution < 1.29 is 18.3 Å². The molecule has 6 nitrogen and oxygen atoms in total. The number of azide groups is 1. The normalized spacial score (nSPS) is 23.1. The van der Waals surface area contributed by atoms with E-state index < -0.39 is 6.61 Å².